The van der Waals surface area contributed by atoms with Crippen molar-refractivity contribution >= 4 is 41.6 Å². The van der Waals surface area contributed by atoms with Crippen LogP contribution in [0.25, 0.3) is 11.2 Å². The molecule has 0 aliphatic carbocycles. The molecule has 4 N–H and O–H groups in total. The van der Waals surface area contributed by atoms with Crippen LogP contribution in [0, 0.1) is 18.3 Å². The third-order valence-electron chi connectivity index (χ3n) is 9.84. The number of imidazole rings is 1. The summed E-state index contributed by atoms with van der Waals surface area (Å²) in [4.78, 5) is 25.3. The zero-order valence-corrected chi connectivity index (χ0v) is 30.3. The van der Waals surface area contributed by atoms with Crippen molar-refractivity contribution in [2.45, 2.75) is 108 Å². The van der Waals surface area contributed by atoms with Gasteiger partial charge in [-0.1, -0.05) is 133 Å². The molecule has 3 heterocycles. The summed E-state index contributed by atoms with van der Waals surface area (Å²) >= 11 is 0. The summed E-state index contributed by atoms with van der Waals surface area (Å²) in [6, 6.07) is 19.1. The zero-order chi connectivity index (χ0) is 36.2. The molecule has 5 rings (SSSR count). The van der Waals surface area contributed by atoms with E-state index in [2.05, 4.69) is 27.8 Å². The number of ether oxygens (including phenoxy) is 1. The highest BCUT2D eigenvalue weighted by Gasteiger charge is 2.69. The van der Waals surface area contributed by atoms with Gasteiger partial charge in [0.1, 0.15) is 17.9 Å². The number of nitrogens with zero attached hydrogens (tertiary/aromatic N) is 4. The first-order valence-corrected chi connectivity index (χ1v) is 19.2. The summed E-state index contributed by atoms with van der Waals surface area (Å²) < 4.78 is 33.1. The number of hydrogen-bond donors (Lipinski definition) is 3. The Labute approximate surface area is 294 Å². The number of aliphatic carboxylic acids is 1. The van der Waals surface area contributed by atoms with Gasteiger partial charge >= 0.3 is 5.97 Å². The van der Waals surface area contributed by atoms with Gasteiger partial charge < -0.3 is 25.1 Å². The van der Waals surface area contributed by atoms with E-state index >= 15 is 4.39 Å². The van der Waals surface area contributed by atoms with Crippen LogP contribution in [-0.4, -0.2) is 61.6 Å². The second-order valence-electron chi connectivity index (χ2n) is 14.3. The monoisotopic (exact) mass is 701 g/mol. The van der Waals surface area contributed by atoms with E-state index in [4.69, 9.17) is 21.3 Å². The van der Waals surface area contributed by atoms with Crippen LogP contribution in [0.4, 0.5) is 10.2 Å². The molecule has 12 heteroatoms. The number of aromatic nitrogens is 4. The number of nitrogens with two attached hydrogens (primary N) is 1. The Morgan fingerprint density at radius 3 is 2.22 bits per heavy atom. The SMILES string of the molecule is C#C[C@]1(O)[C@H](n2cnc3c(N)ncnc32)O[C@](F)(CC(CCCCCCCC)C(=O)O)[C@H]1O[Si](c1ccccc1)(c1ccccc1)C(C)(C)C. The second-order valence-corrected chi connectivity index (χ2v) is 18.5. The minimum atomic E-state index is -3.60. The van der Waals surface area contributed by atoms with E-state index in [0.29, 0.717) is 6.42 Å². The van der Waals surface area contributed by atoms with Gasteiger partial charge in [0.05, 0.1) is 12.2 Å². The number of anilines is 1. The van der Waals surface area contributed by atoms with E-state index < -0.39 is 55.5 Å². The summed E-state index contributed by atoms with van der Waals surface area (Å²) in [6.45, 7) is 8.18. The number of carboxylic acid groups (broad SMARTS) is 1. The van der Waals surface area contributed by atoms with E-state index in [1.165, 1.54) is 17.2 Å². The lowest BCUT2D eigenvalue weighted by atomic mass is 9.87. The summed E-state index contributed by atoms with van der Waals surface area (Å²) in [7, 11) is -3.60. The van der Waals surface area contributed by atoms with Gasteiger partial charge in [-0.25, -0.2) is 19.3 Å². The molecule has 0 amide bonds. The lowest BCUT2D eigenvalue weighted by molar-refractivity contribution is -0.197. The van der Waals surface area contributed by atoms with Crippen LogP contribution in [-0.2, 0) is 14.0 Å². The van der Waals surface area contributed by atoms with Crippen LogP contribution in [0.1, 0.15) is 85.3 Å². The standard InChI is InChI=1S/C38H48FN5O5Si/c1-6-8-9-10-11-14-19-27(33(45)46)24-38(39)34(37(47,7-2)35(48-38)44-26-43-30-31(40)41-25-42-32(30)44)49-50(36(3,4)5,28-20-15-12-16-21-28)29-22-17-13-18-23-29/h2,12-13,15-18,20-23,25-27,34-35,47H,6,8-11,14,19,24H2,1,3-5H3,(H,45,46)(H2,40,41,42)/t27?,34-,35+,37+,38+/m0/s1. The lowest BCUT2D eigenvalue weighted by Gasteiger charge is -2.47. The van der Waals surface area contributed by atoms with Crippen LogP contribution in [0.3, 0.4) is 0 Å². The normalized spacial score (nSPS) is 23.1. The van der Waals surface area contributed by atoms with Gasteiger partial charge in [0.25, 0.3) is 8.32 Å². The predicted octanol–water partition coefficient (Wildman–Crippen LogP) is 5.75. The third-order valence-corrected chi connectivity index (χ3v) is 14.8. The Morgan fingerprint density at radius 2 is 1.66 bits per heavy atom. The molecular weight excluding hydrogens is 654 g/mol. The molecule has 0 bridgehead atoms. The van der Waals surface area contributed by atoms with Gasteiger partial charge in [-0.05, 0) is 21.8 Å². The van der Waals surface area contributed by atoms with Crippen molar-refractivity contribution in [1.29, 1.82) is 0 Å². The summed E-state index contributed by atoms with van der Waals surface area (Å²) in [5.41, 5.74) is 3.97. The van der Waals surface area contributed by atoms with E-state index in [0.717, 1.165) is 42.5 Å². The van der Waals surface area contributed by atoms with Crippen LogP contribution >= 0.6 is 0 Å². The first-order chi connectivity index (χ1) is 23.8. The van der Waals surface area contributed by atoms with Gasteiger partial charge in [-0.15, -0.1) is 6.42 Å². The summed E-state index contributed by atoms with van der Waals surface area (Å²) in [5, 5.41) is 24.0. The zero-order valence-electron chi connectivity index (χ0n) is 29.3. The van der Waals surface area contributed by atoms with E-state index in [1.54, 1.807) is 0 Å². The molecule has 1 fully saturated rings. The Hall–Kier alpha value is -4.15. The molecule has 1 aliphatic heterocycles. The van der Waals surface area contributed by atoms with Crippen molar-refractivity contribution in [2.75, 3.05) is 5.73 Å². The molecule has 1 saturated heterocycles. The molecule has 1 unspecified atom stereocenters. The highest BCUT2D eigenvalue weighted by atomic mass is 28.4. The molecule has 50 heavy (non-hydrogen) atoms. The molecule has 1 aliphatic rings. The number of terminal acetylenes is 1. The number of fused-ring (bicyclic) bond motifs is 1. The maximum absolute atomic E-state index is 18.3. The van der Waals surface area contributed by atoms with Gasteiger partial charge in [-0.3, -0.25) is 9.36 Å². The summed E-state index contributed by atoms with van der Waals surface area (Å²) in [5.74, 6) is -2.66. The Bertz CT molecular complexity index is 1760. The van der Waals surface area contributed by atoms with Crippen molar-refractivity contribution in [3.63, 3.8) is 0 Å². The lowest BCUT2D eigenvalue weighted by Crippen LogP contribution is -2.71. The minimum absolute atomic E-state index is 0.0764. The van der Waals surface area contributed by atoms with Gasteiger partial charge in [-0.2, -0.15) is 0 Å². The fraction of sp³-hybridized carbons (Fsp3) is 0.474. The number of hydrogen-bond acceptors (Lipinski definition) is 8. The maximum Gasteiger partial charge on any atom is 0.306 e. The van der Waals surface area contributed by atoms with Crippen molar-refractivity contribution in [1.82, 2.24) is 19.5 Å². The number of aliphatic hydroxyl groups is 1. The molecular formula is C38H48FN5O5Si. The number of carboxylic acids is 1. The Morgan fingerprint density at radius 1 is 1.06 bits per heavy atom. The van der Waals surface area contributed by atoms with Gasteiger partial charge in [0.15, 0.2) is 17.7 Å². The van der Waals surface area contributed by atoms with Crippen LogP contribution in [0.5, 0.6) is 0 Å². The van der Waals surface area contributed by atoms with Crippen molar-refractivity contribution in [3.8, 4) is 12.3 Å². The average Bonchev–Trinajstić information content (AvgIpc) is 3.62. The smallest absolute Gasteiger partial charge is 0.306 e. The van der Waals surface area contributed by atoms with Crippen molar-refractivity contribution < 1.29 is 28.6 Å². The predicted molar refractivity (Wildman–Crippen MR) is 194 cm³/mol. The molecule has 2 aromatic carbocycles. The number of unbranched alkanes of at least 4 members (excludes halogenated alkanes) is 5. The average molecular weight is 702 g/mol. The fourth-order valence-corrected chi connectivity index (χ4v) is 12.0. The quantitative estimate of drug-likeness (QED) is 0.0801. The number of halogens is 1. The molecule has 4 aromatic rings. The van der Waals surface area contributed by atoms with Crippen molar-refractivity contribution in [3.05, 3.63) is 73.3 Å². The highest BCUT2D eigenvalue weighted by Crippen LogP contribution is 2.53. The van der Waals surface area contributed by atoms with Crippen LogP contribution < -0.4 is 16.1 Å². The Kier molecular flexibility index (Phi) is 11.1. The largest absolute Gasteiger partial charge is 0.481 e. The molecule has 0 saturated carbocycles. The molecule has 5 atom stereocenters. The molecule has 2 aromatic heterocycles. The first-order valence-electron chi connectivity index (χ1n) is 17.3. The van der Waals surface area contributed by atoms with Crippen LogP contribution in [0.15, 0.2) is 73.3 Å². The number of alkyl halides is 1. The summed E-state index contributed by atoms with van der Waals surface area (Å²) in [6.07, 6.45) is 10.5. The second kappa shape index (κ2) is 15.0. The van der Waals surface area contributed by atoms with Crippen molar-refractivity contribution in [2.24, 2.45) is 5.92 Å². The van der Waals surface area contributed by atoms with Crippen LogP contribution in [0.2, 0.25) is 5.04 Å². The van der Waals surface area contributed by atoms with E-state index in [1.807, 2.05) is 81.4 Å². The molecule has 0 radical (unpaired) electrons. The maximum atomic E-state index is 18.3. The topological polar surface area (TPSA) is 146 Å². The van der Waals surface area contributed by atoms with Gasteiger partial charge in [0, 0.05) is 6.42 Å². The highest BCUT2D eigenvalue weighted by molar-refractivity contribution is 6.99. The Balaban J connectivity index is 1.67. The number of rotatable bonds is 15. The number of nitrogen functional groups attached to an aromatic ring is 1. The minimum Gasteiger partial charge on any atom is -0.481 e. The molecule has 266 valence electrons. The number of carbonyl (C=O) groups is 1. The van der Waals surface area contributed by atoms with E-state index in [9.17, 15) is 15.0 Å². The molecule has 10 nitrogen and oxygen atoms in total. The van der Waals surface area contributed by atoms with E-state index in [-0.39, 0.29) is 23.4 Å². The van der Waals surface area contributed by atoms with Gasteiger partial charge in [0.2, 0.25) is 11.5 Å². The molecule has 0 spiro atoms. The third kappa shape index (κ3) is 6.92. The first kappa shape index (κ1) is 37.1. The fourth-order valence-electron chi connectivity index (χ4n) is 7.27. The number of benzene rings is 2.